The van der Waals surface area contributed by atoms with Crippen LogP contribution in [0.4, 0.5) is 5.95 Å². The topological polar surface area (TPSA) is 125 Å². The molecule has 2 aromatic rings. The molecule has 0 atom stereocenters. The van der Waals surface area contributed by atoms with Gasteiger partial charge in [0, 0.05) is 13.5 Å². The predicted octanol–water partition coefficient (Wildman–Crippen LogP) is -0.358. The van der Waals surface area contributed by atoms with Gasteiger partial charge in [0.1, 0.15) is 0 Å². The van der Waals surface area contributed by atoms with E-state index in [1.165, 1.54) is 0 Å². The molecular weight excluding hydrogens is 240 g/mol. The van der Waals surface area contributed by atoms with E-state index in [0.29, 0.717) is 37.9 Å². The monoisotopic (exact) mass is 254 g/mol. The van der Waals surface area contributed by atoms with Crippen molar-refractivity contribution in [2.45, 2.75) is 6.42 Å². The van der Waals surface area contributed by atoms with Crippen molar-refractivity contribution in [1.29, 1.82) is 0 Å². The van der Waals surface area contributed by atoms with E-state index in [1.807, 2.05) is 0 Å². The van der Waals surface area contributed by atoms with Gasteiger partial charge < -0.3 is 19.7 Å². The molecule has 0 aliphatic heterocycles. The van der Waals surface area contributed by atoms with Gasteiger partial charge in [0.15, 0.2) is 5.82 Å². The largest absolute Gasteiger partial charge is 0.382 e. The summed E-state index contributed by atoms with van der Waals surface area (Å²) >= 11 is 0. The molecule has 18 heavy (non-hydrogen) atoms. The summed E-state index contributed by atoms with van der Waals surface area (Å²) in [5.74, 6) is 1.28. The Morgan fingerprint density at radius 2 is 2.17 bits per heavy atom. The highest BCUT2D eigenvalue weighted by atomic mass is 16.5. The lowest BCUT2D eigenvalue weighted by atomic mass is 10.4. The molecule has 0 aromatic carbocycles. The maximum Gasteiger partial charge on any atom is 0.295 e. The smallest absolute Gasteiger partial charge is 0.295 e. The minimum atomic E-state index is 0.132. The van der Waals surface area contributed by atoms with Crippen LogP contribution in [0.2, 0.25) is 0 Å². The van der Waals surface area contributed by atoms with Crippen molar-refractivity contribution in [2.75, 3.05) is 32.7 Å². The maximum absolute atomic E-state index is 5.37. The Bertz CT molecular complexity index is 482. The fourth-order valence-electron chi connectivity index (χ4n) is 1.23. The molecule has 0 aliphatic rings. The lowest BCUT2D eigenvalue weighted by molar-refractivity contribution is 0.0714. The number of H-pyrrole nitrogens is 1. The summed E-state index contributed by atoms with van der Waals surface area (Å²) in [5.41, 5.74) is 5.37. The third-order valence-electron chi connectivity index (χ3n) is 2.08. The van der Waals surface area contributed by atoms with Gasteiger partial charge in [0.2, 0.25) is 11.8 Å². The average Bonchev–Trinajstić information content (AvgIpc) is 2.97. The van der Waals surface area contributed by atoms with Crippen LogP contribution in [0, 0.1) is 0 Å². The average molecular weight is 254 g/mol. The number of nitrogens with zero attached hydrogens (tertiary/aromatic N) is 4. The zero-order valence-corrected chi connectivity index (χ0v) is 9.92. The summed E-state index contributed by atoms with van der Waals surface area (Å²) < 4.78 is 15.2. The number of rotatable bonds is 7. The van der Waals surface area contributed by atoms with E-state index in [-0.39, 0.29) is 11.8 Å². The molecule has 9 heteroatoms. The molecule has 0 aliphatic carbocycles. The van der Waals surface area contributed by atoms with Crippen LogP contribution in [0.1, 0.15) is 5.82 Å². The van der Waals surface area contributed by atoms with Gasteiger partial charge >= 0.3 is 0 Å². The molecule has 9 nitrogen and oxygen atoms in total. The summed E-state index contributed by atoms with van der Waals surface area (Å²) in [4.78, 5) is 8.02. The van der Waals surface area contributed by atoms with Gasteiger partial charge in [0.05, 0.1) is 19.8 Å². The molecule has 98 valence electrons. The molecule has 0 spiro atoms. The highest BCUT2D eigenvalue weighted by Gasteiger charge is 2.12. The summed E-state index contributed by atoms with van der Waals surface area (Å²) in [6, 6.07) is 0. The van der Waals surface area contributed by atoms with Crippen LogP contribution in [-0.2, 0) is 15.9 Å². The van der Waals surface area contributed by atoms with Crippen LogP contribution in [-0.4, -0.2) is 52.3 Å². The first kappa shape index (κ1) is 12.5. The number of nitrogen functional groups attached to an aromatic ring is 1. The Kier molecular flexibility index (Phi) is 4.20. The van der Waals surface area contributed by atoms with E-state index in [0.717, 1.165) is 0 Å². The quantitative estimate of drug-likeness (QED) is 0.642. The second kappa shape index (κ2) is 6.07. The summed E-state index contributed by atoms with van der Waals surface area (Å²) in [5, 5.41) is 10.1. The number of aromatic amines is 1. The van der Waals surface area contributed by atoms with E-state index < -0.39 is 0 Å². The first-order valence-corrected chi connectivity index (χ1v) is 5.37. The minimum absolute atomic E-state index is 0.132. The van der Waals surface area contributed by atoms with Gasteiger partial charge in [-0.3, -0.25) is 5.10 Å². The van der Waals surface area contributed by atoms with E-state index in [2.05, 4.69) is 25.3 Å². The standard InChI is InChI=1S/C9H14N6O3/c1-16-4-5-17-3-2-6-11-8(18-15-6)7-12-9(10)14-13-7/h2-5H2,1H3,(H3,10,12,13,14). The molecule has 0 amide bonds. The molecule has 0 bridgehead atoms. The number of anilines is 1. The number of nitrogens with one attached hydrogen (secondary N) is 1. The first-order valence-electron chi connectivity index (χ1n) is 5.37. The summed E-state index contributed by atoms with van der Waals surface area (Å²) in [6.45, 7) is 1.61. The van der Waals surface area contributed by atoms with Crippen LogP contribution >= 0.6 is 0 Å². The Morgan fingerprint density at radius 1 is 1.28 bits per heavy atom. The fourth-order valence-corrected chi connectivity index (χ4v) is 1.23. The van der Waals surface area contributed by atoms with Crippen molar-refractivity contribution in [2.24, 2.45) is 0 Å². The van der Waals surface area contributed by atoms with Crippen molar-refractivity contribution in [1.82, 2.24) is 25.3 Å². The van der Waals surface area contributed by atoms with Crippen molar-refractivity contribution >= 4 is 5.95 Å². The predicted molar refractivity (Wildman–Crippen MR) is 60.5 cm³/mol. The SMILES string of the molecule is COCCOCCc1noc(-c2nc(N)n[nH]2)n1. The Morgan fingerprint density at radius 3 is 2.89 bits per heavy atom. The third kappa shape index (κ3) is 3.25. The molecule has 2 aromatic heterocycles. The molecule has 3 N–H and O–H groups in total. The van der Waals surface area contributed by atoms with E-state index in [4.69, 9.17) is 19.7 Å². The Hall–Kier alpha value is -2.00. The van der Waals surface area contributed by atoms with Crippen molar-refractivity contribution in [3.63, 3.8) is 0 Å². The van der Waals surface area contributed by atoms with E-state index >= 15 is 0 Å². The minimum Gasteiger partial charge on any atom is -0.382 e. The molecule has 0 saturated heterocycles. The molecule has 0 unspecified atom stereocenters. The van der Waals surface area contributed by atoms with Gasteiger partial charge in [-0.2, -0.15) is 9.97 Å². The summed E-state index contributed by atoms with van der Waals surface area (Å²) in [6.07, 6.45) is 0.552. The highest BCUT2D eigenvalue weighted by Crippen LogP contribution is 2.12. The molecule has 0 radical (unpaired) electrons. The van der Waals surface area contributed by atoms with Crippen LogP contribution in [0.15, 0.2) is 4.52 Å². The van der Waals surface area contributed by atoms with Crippen LogP contribution < -0.4 is 5.73 Å². The molecule has 0 saturated carbocycles. The van der Waals surface area contributed by atoms with Gasteiger partial charge in [-0.15, -0.1) is 5.10 Å². The van der Waals surface area contributed by atoms with Crippen LogP contribution in [0.25, 0.3) is 11.7 Å². The highest BCUT2D eigenvalue weighted by molar-refractivity contribution is 5.41. The zero-order chi connectivity index (χ0) is 12.8. The van der Waals surface area contributed by atoms with Gasteiger partial charge in [-0.1, -0.05) is 5.16 Å². The van der Waals surface area contributed by atoms with Crippen molar-refractivity contribution in [3.8, 4) is 11.7 Å². The Labute approximate surface area is 103 Å². The van der Waals surface area contributed by atoms with Gasteiger partial charge in [-0.25, -0.2) is 0 Å². The molecule has 2 rings (SSSR count). The van der Waals surface area contributed by atoms with E-state index in [1.54, 1.807) is 7.11 Å². The maximum atomic E-state index is 5.37. The molecular formula is C9H14N6O3. The second-order valence-electron chi connectivity index (χ2n) is 3.41. The molecule has 0 fully saturated rings. The normalized spacial score (nSPS) is 10.9. The lowest BCUT2D eigenvalue weighted by Gasteiger charge is -1.99. The number of methoxy groups -OCH3 is 1. The molecule has 2 heterocycles. The number of hydrogen-bond acceptors (Lipinski definition) is 8. The number of ether oxygens (including phenoxy) is 2. The fraction of sp³-hybridized carbons (Fsp3) is 0.556. The number of nitrogens with two attached hydrogens (primary N) is 1. The third-order valence-corrected chi connectivity index (χ3v) is 2.08. The first-order chi connectivity index (χ1) is 8.79. The van der Waals surface area contributed by atoms with E-state index in [9.17, 15) is 0 Å². The summed E-state index contributed by atoms with van der Waals surface area (Å²) in [7, 11) is 1.62. The van der Waals surface area contributed by atoms with Crippen molar-refractivity contribution < 1.29 is 14.0 Å². The van der Waals surface area contributed by atoms with Gasteiger partial charge in [0.25, 0.3) is 5.89 Å². The second-order valence-corrected chi connectivity index (χ2v) is 3.41. The Balaban J connectivity index is 1.83. The zero-order valence-electron chi connectivity index (χ0n) is 9.92. The number of aromatic nitrogens is 5. The van der Waals surface area contributed by atoms with Crippen LogP contribution in [0.3, 0.4) is 0 Å². The van der Waals surface area contributed by atoms with Gasteiger partial charge in [-0.05, 0) is 0 Å². The van der Waals surface area contributed by atoms with Crippen LogP contribution in [0.5, 0.6) is 0 Å². The lowest BCUT2D eigenvalue weighted by Crippen LogP contribution is -2.05. The number of hydrogen-bond donors (Lipinski definition) is 2. The van der Waals surface area contributed by atoms with Crippen molar-refractivity contribution in [3.05, 3.63) is 5.82 Å².